The third kappa shape index (κ3) is 3.20. The van der Waals surface area contributed by atoms with Crippen molar-refractivity contribution in [1.29, 1.82) is 0 Å². The molecule has 1 aliphatic rings. The van der Waals surface area contributed by atoms with Crippen LogP contribution in [0.5, 0.6) is 0 Å². The maximum absolute atomic E-state index is 12.0. The molecule has 104 valence electrons. The van der Waals surface area contributed by atoms with Crippen LogP contribution in [0.3, 0.4) is 0 Å². The molecule has 4 nitrogen and oxygen atoms in total. The van der Waals surface area contributed by atoms with E-state index in [0.717, 1.165) is 5.56 Å². The highest BCUT2D eigenvalue weighted by molar-refractivity contribution is 6.42. The summed E-state index contributed by atoms with van der Waals surface area (Å²) in [5, 5.41) is 13.5. The van der Waals surface area contributed by atoms with Crippen LogP contribution in [0.15, 0.2) is 18.2 Å². The van der Waals surface area contributed by atoms with Crippen LogP contribution >= 0.6 is 23.2 Å². The number of benzene rings is 1. The van der Waals surface area contributed by atoms with E-state index in [-0.39, 0.29) is 12.0 Å². The number of aliphatic hydroxyl groups is 1. The Morgan fingerprint density at radius 3 is 2.74 bits per heavy atom. The predicted molar refractivity (Wildman–Crippen MR) is 73.6 cm³/mol. The van der Waals surface area contributed by atoms with Gasteiger partial charge in [0.2, 0.25) is 0 Å². The standard InChI is InChI=1S/C13H15Cl2NO3/c1-19-13(18)12(11-5-8(17)6-16-11)7-2-3-9(14)10(15)4-7/h2-4,8,11-12,16-17H,5-6H2,1H3. The zero-order valence-corrected chi connectivity index (χ0v) is 11.9. The second-order valence-electron chi connectivity index (χ2n) is 4.58. The van der Waals surface area contributed by atoms with Crippen LogP contribution in [0.25, 0.3) is 0 Å². The molecule has 0 aromatic heterocycles. The van der Waals surface area contributed by atoms with Crippen LogP contribution < -0.4 is 5.32 Å². The van der Waals surface area contributed by atoms with Gasteiger partial charge in [-0.15, -0.1) is 0 Å². The van der Waals surface area contributed by atoms with Gasteiger partial charge in [-0.2, -0.15) is 0 Å². The number of carbonyl (C=O) groups is 1. The molecule has 19 heavy (non-hydrogen) atoms. The van der Waals surface area contributed by atoms with Gasteiger partial charge in [0.15, 0.2) is 0 Å². The summed E-state index contributed by atoms with van der Waals surface area (Å²) in [5.74, 6) is -0.859. The molecule has 0 saturated carbocycles. The van der Waals surface area contributed by atoms with Crippen LogP contribution in [0.4, 0.5) is 0 Å². The van der Waals surface area contributed by atoms with Gasteiger partial charge in [-0.3, -0.25) is 4.79 Å². The van der Waals surface area contributed by atoms with Gasteiger partial charge in [0.25, 0.3) is 0 Å². The monoisotopic (exact) mass is 303 g/mol. The van der Waals surface area contributed by atoms with Gasteiger partial charge < -0.3 is 15.2 Å². The average molecular weight is 304 g/mol. The fourth-order valence-corrected chi connectivity index (χ4v) is 2.67. The molecule has 0 radical (unpaired) electrons. The normalized spacial score (nSPS) is 24.2. The largest absolute Gasteiger partial charge is 0.469 e. The summed E-state index contributed by atoms with van der Waals surface area (Å²) < 4.78 is 4.85. The molecule has 3 atom stereocenters. The highest BCUT2D eigenvalue weighted by Crippen LogP contribution is 2.31. The summed E-state index contributed by atoms with van der Waals surface area (Å²) >= 11 is 11.9. The molecule has 3 unspecified atom stereocenters. The van der Waals surface area contributed by atoms with Gasteiger partial charge in [0.1, 0.15) is 0 Å². The lowest BCUT2D eigenvalue weighted by Crippen LogP contribution is -2.34. The first-order valence-electron chi connectivity index (χ1n) is 5.97. The number of hydrogen-bond donors (Lipinski definition) is 2. The topological polar surface area (TPSA) is 58.6 Å². The molecule has 2 N–H and O–H groups in total. The van der Waals surface area contributed by atoms with Crippen molar-refractivity contribution in [2.75, 3.05) is 13.7 Å². The first kappa shape index (κ1) is 14.6. The number of β-amino-alcohol motifs (C(OH)–C–C–N with tert-alkyl or cyclic N) is 1. The second-order valence-corrected chi connectivity index (χ2v) is 5.39. The molecule has 6 heteroatoms. The molecule has 1 aromatic rings. The Kier molecular flexibility index (Phi) is 4.68. The van der Waals surface area contributed by atoms with Crippen LogP contribution in [0.1, 0.15) is 17.9 Å². The minimum atomic E-state index is -0.503. The molecular formula is C13H15Cl2NO3. The quantitative estimate of drug-likeness (QED) is 0.838. The van der Waals surface area contributed by atoms with Gasteiger partial charge in [0.05, 0.1) is 29.2 Å². The van der Waals surface area contributed by atoms with Crippen LogP contribution in [0, 0.1) is 0 Å². The molecule has 0 aliphatic carbocycles. The molecule has 1 heterocycles. The Balaban J connectivity index is 2.31. The Morgan fingerprint density at radius 1 is 1.47 bits per heavy atom. The first-order chi connectivity index (χ1) is 9.02. The zero-order valence-electron chi connectivity index (χ0n) is 10.4. The molecule has 1 fully saturated rings. The number of rotatable bonds is 3. The summed E-state index contributed by atoms with van der Waals surface area (Å²) in [6.07, 6.45) is 0.0555. The van der Waals surface area contributed by atoms with Crippen LogP contribution in [0.2, 0.25) is 10.0 Å². The molecule has 1 aromatic carbocycles. The Labute approximate surface area is 121 Å². The number of ether oxygens (including phenoxy) is 1. The fourth-order valence-electron chi connectivity index (χ4n) is 2.37. The van der Waals surface area contributed by atoms with E-state index in [2.05, 4.69) is 5.32 Å². The van der Waals surface area contributed by atoms with Crippen molar-refractivity contribution in [2.45, 2.75) is 24.5 Å². The van der Waals surface area contributed by atoms with Crippen LogP contribution in [-0.4, -0.2) is 36.9 Å². The Hall–Kier alpha value is -0.810. The highest BCUT2D eigenvalue weighted by Gasteiger charge is 2.36. The van der Waals surface area contributed by atoms with Gasteiger partial charge in [0, 0.05) is 12.6 Å². The molecule has 0 amide bonds. The van der Waals surface area contributed by atoms with E-state index in [0.29, 0.717) is 23.0 Å². The molecule has 0 spiro atoms. The Bertz CT molecular complexity index is 481. The van der Waals surface area contributed by atoms with Crippen molar-refractivity contribution in [3.63, 3.8) is 0 Å². The lowest BCUT2D eigenvalue weighted by Gasteiger charge is -2.22. The van der Waals surface area contributed by atoms with Crippen LogP contribution in [-0.2, 0) is 9.53 Å². The summed E-state index contributed by atoms with van der Waals surface area (Å²) in [7, 11) is 1.35. The number of esters is 1. The van der Waals surface area contributed by atoms with E-state index in [4.69, 9.17) is 27.9 Å². The maximum atomic E-state index is 12.0. The number of carbonyl (C=O) groups excluding carboxylic acids is 1. The predicted octanol–water partition coefficient (Wildman–Crippen LogP) is 1.97. The third-order valence-corrected chi connectivity index (χ3v) is 4.04. The lowest BCUT2D eigenvalue weighted by atomic mass is 9.90. The summed E-state index contributed by atoms with van der Waals surface area (Å²) in [4.78, 5) is 12.0. The minimum absolute atomic E-state index is 0.167. The van der Waals surface area contributed by atoms with Gasteiger partial charge >= 0.3 is 5.97 Å². The lowest BCUT2D eigenvalue weighted by molar-refractivity contribution is -0.143. The zero-order chi connectivity index (χ0) is 14.0. The van der Waals surface area contributed by atoms with Crippen molar-refractivity contribution in [3.05, 3.63) is 33.8 Å². The van der Waals surface area contributed by atoms with Crippen molar-refractivity contribution in [3.8, 4) is 0 Å². The van der Waals surface area contributed by atoms with E-state index in [9.17, 15) is 9.90 Å². The van der Waals surface area contributed by atoms with Gasteiger partial charge in [-0.25, -0.2) is 0 Å². The molecule has 1 saturated heterocycles. The van der Waals surface area contributed by atoms with Crippen molar-refractivity contribution in [1.82, 2.24) is 5.32 Å². The molecule has 1 aliphatic heterocycles. The minimum Gasteiger partial charge on any atom is -0.469 e. The van der Waals surface area contributed by atoms with E-state index >= 15 is 0 Å². The Morgan fingerprint density at radius 2 is 2.21 bits per heavy atom. The molecule has 2 rings (SSSR count). The fraction of sp³-hybridized carbons (Fsp3) is 0.462. The number of halogens is 2. The average Bonchev–Trinajstić information content (AvgIpc) is 2.80. The molecular weight excluding hydrogens is 289 g/mol. The SMILES string of the molecule is COC(=O)C(c1ccc(Cl)c(Cl)c1)C1CC(O)CN1. The third-order valence-electron chi connectivity index (χ3n) is 3.30. The number of methoxy groups -OCH3 is 1. The second kappa shape index (κ2) is 6.09. The summed E-state index contributed by atoms with van der Waals surface area (Å²) in [6, 6.07) is 4.90. The van der Waals surface area contributed by atoms with Crippen molar-refractivity contribution >= 4 is 29.2 Å². The highest BCUT2D eigenvalue weighted by atomic mass is 35.5. The van der Waals surface area contributed by atoms with E-state index in [1.807, 2.05) is 0 Å². The summed E-state index contributed by atoms with van der Waals surface area (Å²) in [5.41, 5.74) is 0.729. The van der Waals surface area contributed by atoms with Crippen molar-refractivity contribution < 1.29 is 14.6 Å². The van der Waals surface area contributed by atoms with E-state index < -0.39 is 12.0 Å². The first-order valence-corrected chi connectivity index (χ1v) is 6.72. The molecule has 0 bridgehead atoms. The number of nitrogens with one attached hydrogen (secondary N) is 1. The van der Waals surface area contributed by atoms with Crippen molar-refractivity contribution in [2.24, 2.45) is 0 Å². The smallest absolute Gasteiger partial charge is 0.314 e. The maximum Gasteiger partial charge on any atom is 0.314 e. The number of aliphatic hydroxyl groups excluding tert-OH is 1. The summed E-state index contributed by atoms with van der Waals surface area (Å²) in [6.45, 7) is 0.472. The van der Waals surface area contributed by atoms with E-state index in [1.165, 1.54) is 7.11 Å². The number of hydrogen-bond acceptors (Lipinski definition) is 4. The van der Waals surface area contributed by atoms with Gasteiger partial charge in [-0.05, 0) is 24.1 Å². The van der Waals surface area contributed by atoms with E-state index in [1.54, 1.807) is 18.2 Å². The van der Waals surface area contributed by atoms with Gasteiger partial charge in [-0.1, -0.05) is 29.3 Å².